The lowest BCUT2D eigenvalue weighted by Gasteiger charge is -2.33. The molecule has 2 fully saturated rings. The van der Waals surface area contributed by atoms with Gasteiger partial charge in [0.05, 0.1) is 17.3 Å². The largest absolute Gasteiger partial charge is 0.494 e. The van der Waals surface area contributed by atoms with Crippen LogP contribution in [0.25, 0.3) is 11.7 Å². The Hall–Kier alpha value is -3.14. The summed E-state index contributed by atoms with van der Waals surface area (Å²) in [5.41, 5.74) is -0.717. The molecule has 0 spiro atoms. The van der Waals surface area contributed by atoms with E-state index in [1.54, 1.807) is 31.7 Å². The average Bonchev–Trinajstić information content (AvgIpc) is 3.29. The summed E-state index contributed by atoms with van der Waals surface area (Å²) in [5.74, 6) is -1.16. The maximum atomic E-state index is 13.2. The van der Waals surface area contributed by atoms with Gasteiger partial charge in [-0.2, -0.15) is 9.61 Å². The predicted octanol–water partition coefficient (Wildman–Crippen LogP) is 1.83. The highest BCUT2D eigenvalue weighted by molar-refractivity contribution is 5.97. The van der Waals surface area contributed by atoms with Crippen molar-refractivity contribution in [3.63, 3.8) is 0 Å². The molecule has 3 N–H and O–H groups in total. The van der Waals surface area contributed by atoms with Gasteiger partial charge in [0, 0.05) is 30.8 Å². The van der Waals surface area contributed by atoms with E-state index >= 15 is 0 Å². The van der Waals surface area contributed by atoms with E-state index in [4.69, 9.17) is 0 Å². The van der Waals surface area contributed by atoms with Crippen LogP contribution in [-0.4, -0.2) is 65.3 Å². The number of nitrogens with zero attached hydrogens (tertiary/aromatic N) is 4. The number of aromatic nitrogens is 3. The molecule has 0 bridgehead atoms. The van der Waals surface area contributed by atoms with Crippen molar-refractivity contribution in [2.24, 2.45) is 5.92 Å². The molecule has 3 heterocycles. The average molecular weight is 486 g/mol. The van der Waals surface area contributed by atoms with Crippen molar-refractivity contribution in [3.05, 3.63) is 33.3 Å². The molecule has 1 saturated carbocycles. The molecule has 10 nitrogen and oxygen atoms in total. The van der Waals surface area contributed by atoms with E-state index < -0.39 is 22.9 Å². The lowest BCUT2D eigenvalue weighted by molar-refractivity contribution is -0.131. The van der Waals surface area contributed by atoms with Gasteiger partial charge in [0.1, 0.15) is 5.65 Å². The standard InChI is InChI=1S/C25H35N5O5/c1-14(2)13-29-22-17(10-11-19(31)28-12-6-7-18(28)25(4,5)35)15(3)27-30(22)24(34)20(23(29)33)21(32)26-16-8-9-16/h10-11,14,16,18,33,35H,6-9,12-13H2,1-5H3,(H,26,32). The lowest BCUT2D eigenvalue weighted by Crippen LogP contribution is -2.47. The number of hydrogen-bond acceptors (Lipinski definition) is 6. The van der Waals surface area contributed by atoms with Crippen molar-refractivity contribution in [2.45, 2.75) is 84.5 Å². The summed E-state index contributed by atoms with van der Waals surface area (Å²) in [5, 5.41) is 28.7. The van der Waals surface area contributed by atoms with Crippen molar-refractivity contribution in [3.8, 4) is 5.88 Å². The van der Waals surface area contributed by atoms with Gasteiger partial charge in [-0.15, -0.1) is 0 Å². The first-order valence-electron chi connectivity index (χ1n) is 12.3. The third kappa shape index (κ3) is 4.84. The molecule has 0 radical (unpaired) electrons. The summed E-state index contributed by atoms with van der Waals surface area (Å²) < 4.78 is 2.66. The number of amides is 2. The summed E-state index contributed by atoms with van der Waals surface area (Å²) in [4.78, 5) is 40.7. The molecule has 1 unspecified atom stereocenters. The van der Waals surface area contributed by atoms with Gasteiger partial charge in [-0.1, -0.05) is 13.8 Å². The maximum Gasteiger partial charge on any atom is 0.291 e. The first-order chi connectivity index (χ1) is 16.4. The number of carbonyl (C=O) groups is 2. The Kier molecular flexibility index (Phi) is 6.52. The number of aryl methyl sites for hydroxylation is 1. The molecular weight excluding hydrogens is 450 g/mol. The summed E-state index contributed by atoms with van der Waals surface area (Å²) in [7, 11) is 0. The van der Waals surface area contributed by atoms with E-state index in [1.165, 1.54) is 10.6 Å². The predicted molar refractivity (Wildman–Crippen MR) is 131 cm³/mol. The van der Waals surface area contributed by atoms with Crippen molar-refractivity contribution in [1.82, 2.24) is 24.4 Å². The molecule has 2 aromatic heterocycles. The summed E-state index contributed by atoms with van der Waals surface area (Å²) in [6.45, 7) is 9.94. The zero-order chi connectivity index (χ0) is 25.7. The van der Waals surface area contributed by atoms with Crippen LogP contribution in [0.15, 0.2) is 10.9 Å². The quantitative estimate of drug-likeness (QED) is 0.513. The van der Waals surface area contributed by atoms with Crippen LogP contribution < -0.4 is 10.9 Å². The van der Waals surface area contributed by atoms with Crippen LogP contribution in [-0.2, 0) is 11.3 Å². The van der Waals surface area contributed by atoms with Crippen LogP contribution >= 0.6 is 0 Å². The molecule has 1 aliphatic carbocycles. The molecule has 1 aliphatic heterocycles. The van der Waals surface area contributed by atoms with Gasteiger partial charge in [-0.3, -0.25) is 19.0 Å². The van der Waals surface area contributed by atoms with Crippen LogP contribution in [0.2, 0.25) is 0 Å². The van der Waals surface area contributed by atoms with E-state index in [9.17, 15) is 24.6 Å². The minimum Gasteiger partial charge on any atom is -0.494 e. The Balaban J connectivity index is 1.79. The first kappa shape index (κ1) is 25.0. The summed E-state index contributed by atoms with van der Waals surface area (Å²) >= 11 is 0. The molecule has 2 amide bonds. The van der Waals surface area contributed by atoms with E-state index in [-0.39, 0.29) is 29.5 Å². The highest BCUT2D eigenvalue weighted by Gasteiger charge is 2.37. The molecule has 2 aliphatic rings. The third-order valence-electron chi connectivity index (χ3n) is 6.65. The fraction of sp³-hybridized carbons (Fsp3) is 0.600. The number of aliphatic hydroxyl groups is 1. The molecule has 10 heteroatoms. The fourth-order valence-electron chi connectivity index (χ4n) is 4.80. The van der Waals surface area contributed by atoms with Crippen LogP contribution in [0.5, 0.6) is 5.88 Å². The molecular formula is C25H35N5O5. The van der Waals surface area contributed by atoms with E-state index in [1.807, 2.05) is 13.8 Å². The molecule has 2 aromatic rings. The van der Waals surface area contributed by atoms with Crippen LogP contribution in [0.1, 0.15) is 75.0 Å². The number of fused-ring (bicyclic) bond motifs is 1. The third-order valence-corrected chi connectivity index (χ3v) is 6.65. The van der Waals surface area contributed by atoms with Crippen molar-refractivity contribution in [2.75, 3.05) is 6.54 Å². The Labute approximate surface area is 204 Å². The summed E-state index contributed by atoms with van der Waals surface area (Å²) in [6, 6.07) is -0.252. The smallest absolute Gasteiger partial charge is 0.291 e. The zero-order valence-corrected chi connectivity index (χ0v) is 21.0. The minimum absolute atomic E-state index is 0.0257. The number of rotatable bonds is 7. The molecule has 35 heavy (non-hydrogen) atoms. The van der Waals surface area contributed by atoms with Gasteiger partial charge >= 0.3 is 0 Å². The fourth-order valence-corrected chi connectivity index (χ4v) is 4.80. The number of aromatic hydroxyl groups is 1. The summed E-state index contributed by atoms with van der Waals surface area (Å²) in [6.07, 6.45) is 6.26. The number of likely N-dealkylation sites (tertiary alicyclic amines) is 1. The van der Waals surface area contributed by atoms with Gasteiger partial charge in [0.15, 0.2) is 5.56 Å². The molecule has 1 saturated heterocycles. The second kappa shape index (κ2) is 9.14. The van der Waals surface area contributed by atoms with Crippen molar-refractivity contribution < 1.29 is 19.8 Å². The van der Waals surface area contributed by atoms with Gasteiger partial charge in [0.25, 0.3) is 11.5 Å². The van der Waals surface area contributed by atoms with E-state index in [2.05, 4.69) is 10.4 Å². The number of hydrogen-bond donors (Lipinski definition) is 3. The van der Waals surface area contributed by atoms with E-state index in [0.717, 1.165) is 30.2 Å². The van der Waals surface area contributed by atoms with Crippen molar-refractivity contribution in [1.29, 1.82) is 0 Å². The Bertz CT molecular complexity index is 1250. The normalized spacial score (nSPS) is 18.8. The number of carbonyl (C=O) groups excluding carboxylic acids is 2. The Morgan fingerprint density at radius 2 is 1.94 bits per heavy atom. The van der Waals surface area contributed by atoms with Gasteiger partial charge in [-0.25, -0.2) is 0 Å². The van der Waals surface area contributed by atoms with Crippen molar-refractivity contribution >= 4 is 23.5 Å². The number of nitrogens with one attached hydrogen (secondary N) is 1. The van der Waals surface area contributed by atoms with Gasteiger partial charge < -0.3 is 20.4 Å². The highest BCUT2D eigenvalue weighted by Crippen LogP contribution is 2.28. The topological polar surface area (TPSA) is 129 Å². The Morgan fingerprint density at radius 3 is 2.54 bits per heavy atom. The SMILES string of the molecule is Cc1nn2c(=O)c(C(=O)NC3CC3)c(O)n(CC(C)C)c2c1C=CC(=O)N1CCCC1C(C)(C)O. The van der Waals surface area contributed by atoms with Crippen LogP contribution in [0, 0.1) is 12.8 Å². The molecule has 1 atom stereocenters. The first-order valence-corrected chi connectivity index (χ1v) is 12.3. The highest BCUT2D eigenvalue weighted by atomic mass is 16.3. The van der Waals surface area contributed by atoms with Crippen LogP contribution in [0.4, 0.5) is 0 Å². The van der Waals surface area contributed by atoms with Crippen LogP contribution in [0.3, 0.4) is 0 Å². The second-order valence-electron chi connectivity index (χ2n) is 10.7. The zero-order valence-electron chi connectivity index (χ0n) is 21.0. The Morgan fingerprint density at radius 1 is 1.26 bits per heavy atom. The van der Waals surface area contributed by atoms with Gasteiger partial charge in [-0.05, 0) is 58.4 Å². The molecule has 0 aromatic carbocycles. The minimum atomic E-state index is -1.01. The molecule has 4 rings (SSSR count). The monoisotopic (exact) mass is 485 g/mol. The lowest BCUT2D eigenvalue weighted by atomic mass is 9.96. The maximum absolute atomic E-state index is 13.2. The molecule has 190 valence electrons. The van der Waals surface area contributed by atoms with Gasteiger partial charge in [0.2, 0.25) is 11.8 Å². The second-order valence-corrected chi connectivity index (χ2v) is 10.7. The van der Waals surface area contributed by atoms with E-state index in [0.29, 0.717) is 30.0 Å².